The molecule has 0 aromatic carbocycles. The summed E-state index contributed by atoms with van der Waals surface area (Å²) in [5, 5.41) is 0. The molecule has 1 heterocycles. The zero-order chi connectivity index (χ0) is 13.7. The first-order valence-electron chi connectivity index (χ1n) is 7.86. The van der Waals surface area contributed by atoms with Crippen molar-refractivity contribution in [3.05, 3.63) is 11.5 Å². The number of aryl methyl sites for hydroxylation is 1. The van der Waals surface area contributed by atoms with Crippen molar-refractivity contribution in [1.82, 2.24) is 9.66 Å². The Morgan fingerprint density at radius 1 is 1.16 bits per heavy atom. The van der Waals surface area contributed by atoms with Gasteiger partial charge in [-0.05, 0) is 25.7 Å². The fourth-order valence-electron chi connectivity index (χ4n) is 3.06. The van der Waals surface area contributed by atoms with E-state index in [4.69, 9.17) is 16.6 Å². The maximum atomic E-state index is 6.10. The van der Waals surface area contributed by atoms with Gasteiger partial charge in [-0.3, -0.25) is 0 Å². The van der Waals surface area contributed by atoms with Crippen molar-refractivity contribution >= 4 is 5.82 Å². The van der Waals surface area contributed by atoms with E-state index in [2.05, 4.69) is 6.92 Å². The van der Waals surface area contributed by atoms with Gasteiger partial charge in [0.25, 0.3) is 0 Å². The Morgan fingerprint density at radius 3 is 2.58 bits per heavy atom. The summed E-state index contributed by atoms with van der Waals surface area (Å²) in [4.78, 5) is 4.74. The quantitative estimate of drug-likeness (QED) is 0.611. The van der Waals surface area contributed by atoms with Crippen molar-refractivity contribution in [2.24, 2.45) is 0 Å². The molecule has 1 aromatic rings. The van der Waals surface area contributed by atoms with Gasteiger partial charge in [0.15, 0.2) is 0 Å². The highest BCUT2D eigenvalue weighted by molar-refractivity contribution is 5.39. The van der Waals surface area contributed by atoms with Crippen LogP contribution in [0.3, 0.4) is 0 Å². The summed E-state index contributed by atoms with van der Waals surface area (Å²) < 4.78 is 1.64. The molecule has 0 saturated heterocycles. The number of rotatable bonds is 6. The van der Waals surface area contributed by atoms with Crippen LogP contribution in [-0.2, 0) is 6.42 Å². The summed E-state index contributed by atoms with van der Waals surface area (Å²) in [6, 6.07) is 0. The number of unbranched alkanes of at least 4 members (excludes halogenated alkanes) is 3. The smallest absolute Gasteiger partial charge is 0.145 e. The number of anilines is 1. The molecule has 1 aliphatic carbocycles. The van der Waals surface area contributed by atoms with E-state index >= 15 is 0 Å². The van der Waals surface area contributed by atoms with E-state index in [1.54, 1.807) is 4.68 Å². The van der Waals surface area contributed by atoms with Crippen LogP contribution in [0.5, 0.6) is 0 Å². The molecule has 0 spiro atoms. The van der Waals surface area contributed by atoms with E-state index in [0.717, 1.165) is 17.9 Å². The average molecular weight is 264 g/mol. The van der Waals surface area contributed by atoms with Crippen LogP contribution in [0.4, 0.5) is 5.82 Å². The van der Waals surface area contributed by atoms with E-state index in [1.165, 1.54) is 57.8 Å². The Kier molecular flexibility index (Phi) is 5.11. The Labute approximate surface area is 116 Å². The third kappa shape index (κ3) is 3.43. The predicted molar refractivity (Wildman–Crippen MR) is 80.5 cm³/mol. The molecule has 4 N–H and O–H groups in total. The van der Waals surface area contributed by atoms with Gasteiger partial charge in [-0.1, -0.05) is 45.4 Å². The van der Waals surface area contributed by atoms with Crippen molar-refractivity contribution in [2.75, 3.05) is 11.6 Å². The number of imidazole rings is 1. The van der Waals surface area contributed by atoms with Crippen LogP contribution in [0.1, 0.15) is 82.1 Å². The third-order valence-electron chi connectivity index (χ3n) is 4.29. The summed E-state index contributed by atoms with van der Waals surface area (Å²) in [5.41, 5.74) is 7.11. The first-order valence-corrected chi connectivity index (χ1v) is 7.86. The summed E-state index contributed by atoms with van der Waals surface area (Å²) >= 11 is 0. The summed E-state index contributed by atoms with van der Waals surface area (Å²) in [5.74, 6) is 8.31. The predicted octanol–water partition coefficient (Wildman–Crippen LogP) is 3.35. The minimum atomic E-state index is 0.519. The average Bonchev–Trinajstić information content (AvgIpc) is 2.73. The number of hydrogen-bond acceptors (Lipinski definition) is 3. The molecule has 1 aromatic heterocycles. The van der Waals surface area contributed by atoms with Crippen molar-refractivity contribution in [2.45, 2.75) is 77.0 Å². The first-order chi connectivity index (χ1) is 9.24. The van der Waals surface area contributed by atoms with E-state index in [-0.39, 0.29) is 0 Å². The molecule has 19 heavy (non-hydrogen) atoms. The van der Waals surface area contributed by atoms with Crippen LogP contribution in [0.25, 0.3) is 0 Å². The molecule has 0 bridgehead atoms. The summed E-state index contributed by atoms with van der Waals surface area (Å²) in [6.07, 6.45) is 12.3. The van der Waals surface area contributed by atoms with Gasteiger partial charge in [0, 0.05) is 5.92 Å². The highest BCUT2D eigenvalue weighted by atomic mass is 15.4. The fraction of sp³-hybridized carbons (Fsp3) is 0.800. The second-order valence-corrected chi connectivity index (χ2v) is 5.82. The molecule has 0 amide bonds. The Morgan fingerprint density at radius 2 is 1.89 bits per heavy atom. The van der Waals surface area contributed by atoms with Crippen molar-refractivity contribution in [3.63, 3.8) is 0 Å². The maximum absolute atomic E-state index is 6.10. The second-order valence-electron chi connectivity index (χ2n) is 5.82. The van der Waals surface area contributed by atoms with Crippen molar-refractivity contribution in [1.29, 1.82) is 0 Å². The Balaban J connectivity index is 2.00. The van der Waals surface area contributed by atoms with Gasteiger partial charge in [0.2, 0.25) is 0 Å². The lowest BCUT2D eigenvalue weighted by Crippen LogP contribution is -2.19. The summed E-state index contributed by atoms with van der Waals surface area (Å²) in [7, 11) is 0. The molecule has 0 radical (unpaired) electrons. The lowest BCUT2D eigenvalue weighted by molar-refractivity contribution is 0.424. The molecule has 0 atom stereocenters. The van der Waals surface area contributed by atoms with Crippen LogP contribution in [0, 0.1) is 0 Å². The van der Waals surface area contributed by atoms with Gasteiger partial charge >= 0.3 is 0 Å². The molecule has 2 rings (SSSR count). The third-order valence-corrected chi connectivity index (χ3v) is 4.29. The zero-order valence-corrected chi connectivity index (χ0v) is 12.2. The molecule has 4 heteroatoms. The molecule has 1 saturated carbocycles. The molecule has 108 valence electrons. The molecule has 1 fully saturated rings. The highest BCUT2D eigenvalue weighted by Gasteiger charge is 2.23. The van der Waals surface area contributed by atoms with Gasteiger partial charge in [-0.2, -0.15) is 0 Å². The maximum Gasteiger partial charge on any atom is 0.145 e. The van der Waals surface area contributed by atoms with Gasteiger partial charge in [0.1, 0.15) is 11.6 Å². The molecule has 0 aliphatic heterocycles. The molecule has 4 nitrogen and oxygen atoms in total. The standard InChI is InChI=1S/C15H28N4/c1-2-3-4-8-11-13-14(16)19(17)15(18-13)12-9-6-5-7-10-12/h12H,2-11,16-17H2,1H3. The monoisotopic (exact) mass is 264 g/mol. The van der Waals surface area contributed by atoms with Crippen LogP contribution in [-0.4, -0.2) is 9.66 Å². The van der Waals surface area contributed by atoms with Crippen LogP contribution >= 0.6 is 0 Å². The largest absolute Gasteiger partial charge is 0.382 e. The van der Waals surface area contributed by atoms with Crippen LogP contribution < -0.4 is 11.6 Å². The minimum absolute atomic E-state index is 0.519. The van der Waals surface area contributed by atoms with Gasteiger partial charge < -0.3 is 11.6 Å². The first kappa shape index (κ1) is 14.2. The lowest BCUT2D eigenvalue weighted by Gasteiger charge is -2.20. The minimum Gasteiger partial charge on any atom is -0.382 e. The molecular weight excluding hydrogens is 236 g/mol. The molecular formula is C15H28N4. The van der Waals surface area contributed by atoms with Crippen LogP contribution in [0.2, 0.25) is 0 Å². The number of hydrogen-bond donors (Lipinski definition) is 2. The lowest BCUT2D eigenvalue weighted by atomic mass is 9.89. The fourth-order valence-corrected chi connectivity index (χ4v) is 3.06. The second kappa shape index (κ2) is 6.83. The zero-order valence-electron chi connectivity index (χ0n) is 12.2. The number of aromatic nitrogens is 2. The molecule has 0 unspecified atom stereocenters. The highest BCUT2D eigenvalue weighted by Crippen LogP contribution is 2.33. The number of nitrogens with two attached hydrogens (primary N) is 2. The van der Waals surface area contributed by atoms with Gasteiger partial charge in [-0.15, -0.1) is 0 Å². The Hall–Kier alpha value is -1.19. The normalized spacial score (nSPS) is 16.9. The van der Waals surface area contributed by atoms with Gasteiger partial charge in [-0.25, -0.2) is 9.66 Å². The number of nitrogens with zero attached hydrogens (tertiary/aromatic N) is 2. The van der Waals surface area contributed by atoms with E-state index in [9.17, 15) is 0 Å². The van der Waals surface area contributed by atoms with Crippen LogP contribution in [0.15, 0.2) is 0 Å². The summed E-state index contributed by atoms with van der Waals surface area (Å²) in [6.45, 7) is 2.23. The Bertz CT molecular complexity index is 391. The van der Waals surface area contributed by atoms with E-state index < -0.39 is 0 Å². The topological polar surface area (TPSA) is 69.9 Å². The SMILES string of the molecule is CCCCCCc1nc(C2CCCCC2)n(N)c1N. The van der Waals surface area contributed by atoms with Crippen molar-refractivity contribution < 1.29 is 0 Å². The van der Waals surface area contributed by atoms with Gasteiger partial charge in [0.05, 0.1) is 5.69 Å². The number of nitrogen functional groups attached to an aromatic ring is 2. The van der Waals surface area contributed by atoms with Crippen molar-refractivity contribution in [3.8, 4) is 0 Å². The van der Waals surface area contributed by atoms with E-state index in [1.807, 2.05) is 0 Å². The molecule has 1 aliphatic rings. The van der Waals surface area contributed by atoms with E-state index in [0.29, 0.717) is 11.7 Å².